The maximum atomic E-state index is 12.7. The summed E-state index contributed by atoms with van der Waals surface area (Å²) in [5.41, 5.74) is 0.926. The Balaban J connectivity index is 1.48. The van der Waals surface area contributed by atoms with Gasteiger partial charge in [-0.1, -0.05) is 0 Å². The summed E-state index contributed by atoms with van der Waals surface area (Å²) in [6.07, 6.45) is 7.41. The molecule has 2 aliphatic heterocycles. The number of nitrogens with one attached hydrogen (secondary N) is 1. The van der Waals surface area contributed by atoms with Crippen molar-refractivity contribution in [2.75, 3.05) is 31.5 Å². The molecule has 1 amide bonds. The van der Waals surface area contributed by atoms with Gasteiger partial charge in [0.05, 0.1) is 12.6 Å². The quantitative estimate of drug-likeness (QED) is 0.829. The molecule has 2 aliphatic rings. The molecule has 0 aromatic carbocycles. The summed E-state index contributed by atoms with van der Waals surface area (Å²) in [5.74, 6) is 1.82. The number of amides is 1. The predicted molar refractivity (Wildman–Crippen MR) is 111 cm³/mol. The largest absolute Gasteiger partial charge is 0.342 e. The van der Waals surface area contributed by atoms with Crippen molar-refractivity contribution in [2.24, 2.45) is 0 Å². The van der Waals surface area contributed by atoms with Crippen LogP contribution in [0.5, 0.6) is 0 Å². The van der Waals surface area contributed by atoms with Crippen LogP contribution in [0.25, 0.3) is 0 Å². The Morgan fingerprint density at radius 3 is 2.75 bits per heavy atom. The van der Waals surface area contributed by atoms with Gasteiger partial charge in [0.15, 0.2) is 5.13 Å². The lowest BCUT2D eigenvalue weighted by atomic mass is 10.1. The maximum Gasteiger partial charge on any atom is 0.236 e. The van der Waals surface area contributed by atoms with E-state index < -0.39 is 0 Å². The van der Waals surface area contributed by atoms with E-state index in [9.17, 15) is 4.79 Å². The molecule has 1 atom stereocenters. The van der Waals surface area contributed by atoms with E-state index in [-0.39, 0.29) is 11.9 Å². The molecule has 7 nitrogen and oxygen atoms in total. The second kappa shape index (κ2) is 8.53. The minimum atomic E-state index is 0.104. The summed E-state index contributed by atoms with van der Waals surface area (Å²) in [6, 6.07) is 2.05. The van der Waals surface area contributed by atoms with Crippen LogP contribution in [0.4, 0.5) is 10.9 Å². The van der Waals surface area contributed by atoms with Gasteiger partial charge in [-0.2, -0.15) is 0 Å². The van der Waals surface area contributed by atoms with Crippen molar-refractivity contribution in [1.82, 2.24) is 24.8 Å². The number of hydrogen-bond donors (Lipinski definition) is 1. The summed E-state index contributed by atoms with van der Waals surface area (Å²) in [6.45, 7) is 7.22. The number of carbonyl (C=O) groups is 1. The summed E-state index contributed by atoms with van der Waals surface area (Å²) in [7, 11) is 0. The number of nitrogens with zero attached hydrogens (tertiary/aromatic N) is 5. The van der Waals surface area contributed by atoms with Crippen LogP contribution in [0, 0.1) is 13.8 Å². The highest BCUT2D eigenvalue weighted by atomic mass is 32.1. The van der Waals surface area contributed by atoms with Gasteiger partial charge in [-0.3, -0.25) is 9.69 Å². The van der Waals surface area contributed by atoms with Crippen LogP contribution < -0.4 is 5.32 Å². The molecular weight excluding hydrogens is 372 g/mol. The molecule has 28 heavy (non-hydrogen) atoms. The number of anilines is 2. The number of thiazole rings is 1. The molecule has 2 aromatic rings. The van der Waals surface area contributed by atoms with Gasteiger partial charge >= 0.3 is 0 Å². The van der Waals surface area contributed by atoms with Crippen LogP contribution in [0.3, 0.4) is 0 Å². The molecule has 4 rings (SSSR count). The molecule has 0 saturated carbocycles. The fourth-order valence-corrected chi connectivity index (χ4v) is 4.72. The monoisotopic (exact) mass is 400 g/mol. The first-order valence-corrected chi connectivity index (χ1v) is 11.0. The van der Waals surface area contributed by atoms with Crippen LogP contribution >= 0.6 is 11.3 Å². The SMILES string of the molecule is Cc1cc(Nc2ncc(C)s2)nc(C2CCCN2CC(=O)N2CCCCC2)n1. The van der Waals surface area contributed by atoms with Crippen LogP contribution in [0.2, 0.25) is 0 Å². The summed E-state index contributed by atoms with van der Waals surface area (Å²) >= 11 is 1.61. The molecule has 0 bridgehead atoms. The van der Waals surface area contributed by atoms with E-state index >= 15 is 0 Å². The van der Waals surface area contributed by atoms with E-state index in [4.69, 9.17) is 9.97 Å². The van der Waals surface area contributed by atoms with Crippen molar-refractivity contribution in [3.63, 3.8) is 0 Å². The highest BCUT2D eigenvalue weighted by molar-refractivity contribution is 7.15. The first-order chi connectivity index (χ1) is 13.6. The van der Waals surface area contributed by atoms with Gasteiger partial charge in [0.2, 0.25) is 5.91 Å². The van der Waals surface area contributed by atoms with E-state index in [1.807, 2.05) is 31.0 Å². The Hall–Kier alpha value is -2.06. The van der Waals surface area contributed by atoms with E-state index in [1.54, 1.807) is 11.3 Å². The van der Waals surface area contributed by atoms with Gasteiger partial charge in [0.25, 0.3) is 0 Å². The first-order valence-electron chi connectivity index (χ1n) is 10.2. The zero-order valence-corrected chi connectivity index (χ0v) is 17.5. The molecule has 1 unspecified atom stereocenters. The lowest BCUT2D eigenvalue weighted by Crippen LogP contribution is -2.42. The van der Waals surface area contributed by atoms with E-state index in [2.05, 4.69) is 15.2 Å². The van der Waals surface area contributed by atoms with Gasteiger partial charge in [0.1, 0.15) is 11.6 Å². The third-order valence-corrected chi connectivity index (χ3v) is 6.26. The van der Waals surface area contributed by atoms with Crippen molar-refractivity contribution in [3.8, 4) is 0 Å². The third kappa shape index (κ3) is 4.50. The highest BCUT2D eigenvalue weighted by Gasteiger charge is 2.31. The van der Waals surface area contributed by atoms with Gasteiger partial charge < -0.3 is 10.2 Å². The number of aryl methyl sites for hydroxylation is 2. The van der Waals surface area contributed by atoms with Crippen molar-refractivity contribution < 1.29 is 4.79 Å². The van der Waals surface area contributed by atoms with E-state index in [0.29, 0.717) is 6.54 Å². The van der Waals surface area contributed by atoms with Crippen LogP contribution in [0.1, 0.15) is 54.5 Å². The normalized spacial score (nSPS) is 20.5. The second-order valence-corrected chi connectivity index (χ2v) is 8.96. The number of piperidine rings is 1. The number of hydrogen-bond acceptors (Lipinski definition) is 7. The van der Waals surface area contributed by atoms with E-state index in [1.165, 1.54) is 6.42 Å². The molecule has 8 heteroatoms. The zero-order valence-electron chi connectivity index (χ0n) is 16.6. The van der Waals surface area contributed by atoms with Crippen LogP contribution in [0.15, 0.2) is 12.3 Å². The molecule has 2 aromatic heterocycles. The number of likely N-dealkylation sites (tertiary alicyclic amines) is 2. The molecule has 0 spiro atoms. The minimum Gasteiger partial charge on any atom is -0.342 e. The molecule has 0 radical (unpaired) electrons. The van der Waals surface area contributed by atoms with Crippen LogP contribution in [-0.4, -0.2) is 56.8 Å². The standard InChI is InChI=1S/C20H28N6OS/c1-14-11-17(24-20-21-12-15(2)28-20)23-19(22-14)16-7-6-10-26(16)13-18(27)25-8-4-3-5-9-25/h11-12,16H,3-10,13H2,1-2H3,(H,21,22,23,24). The number of aromatic nitrogens is 3. The second-order valence-electron chi connectivity index (χ2n) is 7.72. The Morgan fingerprint density at radius 1 is 1.18 bits per heavy atom. The average molecular weight is 401 g/mol. The molecule has 2 fully saturated rings. The lowest BCUT2D eigenvalue weighted by molar-refractivity contribution is -0.133. The summed E-state index contributed by atoms with van der Waals surface area (Å²) in [4.78, 5) is 32.0. The van der Waals surface area contributed by atoms with Crippen molar-refractivity contribution in [1.29, 1.82) is 0 Å². The molecular formula is C20H28N6OS. The molecule has 150 valence electrons. The van der Waals surface area contributed by atoms with Crippen molar-refractivity contribution >= 4 is 28.2 Å². The Kier molecular flexibility index (Phi) is 5.87. The zero-order chi connectivity index (χ0) is 19.5. The molecule has 1 N–H and O–H groups in total. The topological polar surface area (TPSA) is 74.2 Å². The molecule has 0 aliphatic carbocycles. The smallest absolute Gasteiger partial charge is 0.236 e. The predicted octanol–water partition coefficient (Wildman–Crippen LogP) is 3.44. The van der Waals surface area contributed by atoms with Gasteiger partial charge in [-0.15, -0.1) is 11.3 Å². The fraction of sp³-hybridized carbons (Fsp3) is 0.600. The number of carbonyl (C=O) groups excluding carboxylic acids is 1. The third-order valence-electron chi connectivity index (χ3n) is 5.44. The number of rotatable bonds is 5. The van der Waals surface area contributed by atoms with Gasteiger partial charge in [-0.25, -0.2) is 15.0 Å². The van der Waals surface area contributed by atoms with Gasteiger partial charge in [0, 0.05) is 35.9 Å². The lowest BCUT2D eigenvalue weighted by Gasteiger charge is -2.30. The molecule has 2 saturated heterocycles. The van der Waals surface area contributed by atoms with Crippen molar-refractivity contribution in [2.45, 2.75) is 52.0 Å². The minimum absolute atomic E-state index is 0.104. The highest BCUT2D eigenvalue weighted by Crippen LogP contribution is 2.31. The summed E-state index contributed by atoms with van der Waals surface area (Å²) in [5, 5.41) is 4.14. The Morgan fingerprint density at radius 2 is 2.00 bits per heavy atom. The molecule has 4 heterocycles. The maximum absolute atomic E-state index is 12.7. The fourth-order valence-electron chi connectivity index (χ4n) is 4.05. The van der Waals surface area contributed by atoms with Crippen molar-refractivity contribution in [3.05, 3.63) is 28.7 Å². The average Bonchev–Trinajstić information content (AvgIpc) is 3.31. The van der Waals surface area contributed by atoms with Crippen LogP contribution in [-0.2, 0) is 4.79 Å². The Bertz CT molecular complexity index is 832. The Labute approximate surface area is 170 Å². The summed E-state index contributed by atoms with van der Waals surface area (Å²) < 4.78 is 0. The first kappa shape index (κ1) is 19.3. The van der Waals surface area contributed by atoms with Gasteiger partial charge in [-0.05, 0) is 52.5 Å². The van der Waals surface area contributed by atoms with E-state index in [0.717, 1.165) is 72.7 Å².